The maximum absolute atomic E-state index is 11.9. The minimum atomic E-state index is -0.111. The van der Waals surface area contributed by atoms with E-state index in [-0.39, 0.29) is 11.7 Å². The second kappa shape index (κ2) is 7.59. The van der Waals surface area contributed by atoms with Crippen molar-refractivity contribution in [1.29, 1.82) is 0 Å². The number of nitrogens with one attached hydrogen (secondary N) is 2. The van der Waals surface area contributed by atoms with Crippen LogP contribution in [0.25, 0.3) is 11.4 Å². The second-order valence-electron chi connectivity index (χ2n) is 5.14. The molecule has 0 aliphatic rings. The molecule has 0 spiro atoms. The molecule has 2 N–H and O–H groups in total. The minimum Gasteiger partial charge on any atom is -0.316 e. The monoisotopic (exact) mass is 359 g/mol. The van der Waals surface area contributed by atoms with E-state index in [0.717, 1.165) is 16.9 Å². The van der Waals surface area contributed by atoms with E-state index in [1.54, 1.807) is 6.20 Å². The molecule has 2 aromatic heterocycles. The Morgan fingerprint density at radius 3 is 2.75 bits per heavy atom. The fourth-order valence-electron chi connectivity index (χ4n) is 2.04. The maximum Gasteiger partial charge on any atom is 0.236 e. The molecule has 8 heteroatoms. The fraction of sp³-hybridized carbons (Fsp3) is 0.250. The molecular weight excluding hydrogens is 342 g/mol. The van der Waals surface area contributed by atoms with E-state index >= 15 is 0 Å². The van der Waals surface area contributed by atoms with Gasteiger partial charge in [-0.05, 0) is 18.9 Å². The van der Waals surface area contributed by atoms with Crippen molar-refractivity contribution in [3.8, 4) is 11.4 Å². The Bertz CT molecular complexity index is 825. The Balaban J connectivity index is 1.56. The molecule has 124 valence electrons. The number of amides is 1. The number of thiazole rings is 1. The van der Waals surface area contributed by atoms with Crippen molar-refractivity contribution in [1.82, 2.24) is 20.2 Å². The Kier molecular flexibility index (Phi) is 5.27. The first-order valence-corrected chi connectivity index (χ1v) is 9.31. The van der Waals surface area contributed by atoms with Crippen LogP contribution in [0, 0.1) is 6.92 Å². The predicted octanol–water partition coefficient (Wildman–Crippen LogP) is 3.53. The van der Waals surface area contributed by atoms with Crippen molar-refractivity contribution in [2.45, 2.75) is 25.4 Å². The number of anilines is 1. The quantitative estimate of drug-likeness (QED) is 0.658. The molecule has 0 radical (unpaired) electrons. The van der Waals surface area contributed by atoms with Gasteiger partial charge in [0.1, 0.15) is 0 Å². The normalized spacial score (nSPS) is 10.8. The van der Waals surface area contributed by atoms with Crippen LogP contribution in [0.5, 0.6) is 0 Å². The summed E-state index contributed by atoms with van der Waals surface area (Å²) in [4.78, 5) is 20.2. The van der Waals surface area contributed by atoms with Gasteiger partial charge in [0, 0.05) is 16.6 Å². The first kappa shape index (κ1) is 16.7. The molecule has 1 amide bonds. The van der Waals surface area contributed by atoms with E-state index in [1.807, 2.05) is 19.1 Å². The number of carbonyl (C=O) groups is 1. The zero-order valence-electron chi connectivity index (χ0n) is 13.4. The highest BCUT2D eigenvalue weighted by Crippen LogP contribution is 2.21. The number of aromatic amines is 1. The molecular formula is C16H17N5OS2. The molecule has 3 aromatic rings. The van der Waals surface area contributed by atoms with E-state index in [0.29, 0.717) is 16.1 Å². The summed E-state index contributed by atoms with van der Waals surface area (Å²) in [6.45, 7) is 4.07. The molecule has 2 heterocycles. The third-order valence-electron chi connectivity index (χ3n) is 3.31. The molecule has 24 heavy (non-hydrogen) atoms. The molecule has 0 bridgehead atoms. The van der Waals surface area contributed by atoms with Gasteiger partial charge >= 0.3 is 0 Å². The smallest absolute Gasteiger partial charge is 0.236 e. The van der Waals surface area contributed by atoms with Crippen LogP contribution < -0.4 is 5.32 Å². The number of H-pyrrole nitrogens is 1. The van der Waals surface area contributed by atoms with Gasteiger partial charge in [-0.3, -0.25) is 4.79 Å². The molecule has 1 aromatic carbocycles. The summed E-state index contributed by atoms with van der Waals surface area (Å²) in [7, 11) is 0. The van der Waals surface area contributed by atoms with Crippen molar-refractivity contribution in [2.75, 3.05) is 11.1 Å². The molecule has 6 nitrogen and oxygen atoms in total. The van der Waals surface area contributed by atoms with Crippen LogP contribution in [0.3, 0.4) is 0 Å². The highest BCUT2D eigenvalue weighted by atomic mass is 32.2. The number of hydrogen-bond acceptors (Lipinski definition) is 6. The zero-order valence-corrected chi connectivity index (χ0v) is 15.0. The van der Waals surface area contributed by atoms with Crippen molar-refractivity contribution in [2.24, 2.45) is 0 Å². The third kappa shape index (κ3) is 4.21. The summed E-state index contributed by atoms with van der Waals surface area (Å²) in [6.07, 6.45) is 2.74. The lowest BCUT2D eigenvalue weighted by molar-refractivity contribution is -0.113. The Hall–Kier alpha value is -2.19. The lowest BCUT2D eigenvalue weighted by Crippen LogP contribution is -2.13. The minimum absolute atomic E-state index is 0.111. The van der Waals surface area contributed by atoms with Gasteiger partial charge in [-0.15, -0.1) is 21.5 Å². The number of carbonyl (C=O) groups excluding carboxylic acids is 1. The summed E-state index contributed by atoms with van der Waals surface area (Å²) in [6, 6.07) is 8.19. The number of aryl methyl sites for hydroxylation is 2. The van der Waals surface area contributed by atoms with Crippen molar-refractivity contribution < 1.29 is 4.79 Å². The largest absolute Gasteiger partial charge is 0.316 e. The van der Waals surface area contributed by atoms with Crippen molar-refractivity contribution in [3.63, 3.8) is 0 Å². The van der Waals surface area contributed by atoms with Gasteiger partial charge < -0.3 is 10.3 Å². The van der Waals surface area contributed by atoms with Crippen molar-refractivity contribution in [3.05, 3.63) is 40.9 Å². The van der Waals surface area contributed by atoms with E-state index < -0.39 is 0 Å². The lowest BCUT2D eigenvalue weighted by atomic mass is 10.1. The van der Waals surface area contributed by atoms with Crippen LogP contribution in [0.15, 0.2) is 35.6 Å². The molecule has 0 atom stereocenters. The van der Waals surface area contributed by atoms with Gasteiger partial charge in [-0.25, -0.2) is 4.98 Å². The number of nitrogens with zero attached hydrogens (tertiary/aromatic N) is 3. The van der Waals surface area contributed by atoms with Gasteiger partial charge in [0.2, 0.25) is 5.91 Å². The van der Waals surface area contributed by atoms with Gasteiger partial charge in [-0.1, -0.05) is 43.0 Å². The van der Waals surface area contributed by atoms with Crippen LogP contribution in [0.2, 0.25) is 0 Å². The highest BCUT2D eigenvalue weighted by molar-refractivity contribution is 7.99. The van der Waals surface area contributed by atoms with Crippen LogP contribution in [0.4, 0.5) is 5.13 Å². The first-order chi connectivity index (χ1) is 11.6. The molecule has 0 saturated heterocycles. The average molecular weight is 359 g/mol. The third-order valence-corrected chi connectivity index (χ3v) is 5.00. The number of benzene rings is 1. The van der Waals surface area contributed by atoms with Gasteiger partial charge in [-0.2, -0.15) is 0 Å². The molecule has 3 rings (SSSR count). The lowest BCUT2D eigenvalue weighted by Gasteiger charge is -2.00. The highest BCUT2D eigenvalue weighted by Gasteiger charge is 2.10. The van der Waals surface area contributed by atoms with E-state index in [1.165, 1.54) is 28.7 Å². The number of hydrogen-bond donors (Lipinski definition) is 2. The Labute approximate surface area is 148 Å². The van der Waals surface area contributed by atoms with E-state index in [4.69, 9.17) is 0 Å². The fourth-order valence-corrected chi connectivity index (χ4v) is 3.33. The summed E-state index contributed by atoms with van der Waals surface area (Å²) < 4.78 is 0. The molecule has 0 fully saturated rings. The average Bonchev–Trinajstić information content (AvgIpc) is 3.22. The van der Waals surface area contributed by atoms with E-state index in [9.17, 15) is 4.79 Å². The predicted molar refractivity (Wildman–Crippen MR) is 97.4 cm³/mol. The van der Waals surface area contributed by atoms with Crippen molar-refractivity contribution >= 4 is 34.1 Å². The van der Waals surface area contributed by atoms with Crippen LogP contribution >= 0.6 is 23.1 Å². The zero-order chi connectivity index (χ0) is 16.9. The maximum atomic E-state index is 11.9. The standard InChI is InChI=1S/C16H17N5OS2/c1-3-11-4-6-12(7-5-11)14-19-16(21-20-14)23-9-13(22)18-15-17-8-10(2)24-15/h4-8H,3,9H2,1-2H3,(H,17,18,22)(H,19,20,21). The molecule has 0 unspecified atom stereocenters. The second-order valence-corrected chi connectivity index (χ2v) is 7.34. The summed E-state index contributed by atoms with van der Waals surface area (Å²) in [5.74, 6) is 0.845. The van der Waals surface area contributed by atoms with Gasteiger partial charge in [0.05, 0.1) is 5.75 Å². The van der Waals surface area contributed by atoms with Crippen LogP contribution in [0.1, 0.15) is 17.4 Å². The Morgan fingerprint density at radius 1 is 1.29 bits per heavy atom. The summed E-state index contributed by atoms with van der Waals surface area (Å²) >= 11 is 2.77. The Morgan fingerprint density at radius 2 is 2.08 bits per heavy atom. The van der Waals surface area contributed by atoms with Crippen LogP contribution in [-0.2, 0) is 11.2 Å². The topological polar surface area (TPSA) is 83.6 Å². The molecule has 0 aliphatic carbocycles. The van der Waals surface area contributed by atoms with Gasteiger partial charge in [0.15, 0.2) is 16.1 Å². The van der Waals surface area contributed by atoms with Gasteiger partial charge in [0.25, 0.3) is 0 Å². The number of rotatable bonds is 6. The SMILES string of the molecule is CCc1ccc(-c2nnc(SCC(=O)Nc3ncc(C)s3)[nH]2)cc1. The first-order valence-electron chi connectivity index (χ1n) is 7.51. The van der Waals surface area contributed by atoms with Crippen LogP contribution in [-0.4, -0.2) is 31.8 Å². The molecule has 0 saturated carbocycles. The molecule has 0 aliphatic heterocycles. The van der Waals surface area contributed by atoms with E-state index in [2.05, 4.69) is 44.5 Å². The number of thioether (sulfide) groups is 1. The summed E-state index contributed by atoms with van der Waals surface area (Å²) in [5, 5.41) is 12.2. The summed E-state index contributed by atoms with van der Waals surface area (Å²) in [5.41, 5.74) is 2.26. The number of aromatic nitrogens is 4.